The summed E-state index contributed by atoms with van der Waals surface area (Å²) < 4.78 is 6.76. The van der Waals surface area contributed by atoms with Gasteiger partial charge in [-0.25, -0.2) is 9.78 Å². The molecule has 1 aromatic heterocycles. The topological polar surface area (TPSA) is 56.5 Å². The molecule has 0 unspecified atom stereocenters. The maximum absolute atomic E-state index is 12.3. The van der Waals surface area contributed by atoms with Crippen LogP contribution in [-0.2, 0) is 11.3 Å². The fourth-order valence-corrected chi connectivity index (χ4v) is 3.70. The van der Waals surface area contributed by atoms with Gasteiger partial charge in [0.2, 0.25) is 0 Å². The van der Waals surface area contributed by atoms with Crippen LogP contribution in [0.4, 0.5) is 0 Å². The number of rotatable bonds is 3. The summed E-state index contributed by atoms with van der Waals surface area (Å²) in [4.78, 5) is 21.5. The maximum atomic E-state index is 12.3. The van der Waals surface area contributed by atoms with Gasteiger partial charge in [-0.2, -0.15) is 0 Å². The molecule has 3 aromatic rings. The Balaban J connectivity index is 2.05. The molecule has 4 rings (SSSR count). The first kappa shape index (κ1) is 18.5. The second-order valence-electron chi connectivity index (χ2n) is 6.10. The molecule has 1 aliphatic rings. The van der Waals surface area contributed by atoms with Crippen molar-refractivity contribution in [1.29, 1.82) is 0 Å². The van der Waals surface area contributed by atoms with E-state index in [1.165, 1.54) is 7.11 Å². The van der Waals surface area contributed by atoms with Gasteiger partial charge in [-0.15, -0.1) is 0 Å². The molecule has 0 aliphatic carbocycles. The number of nitrogens with zero attached hydrogens (tertiary/aromatic N) is 3. The van der Waals surface area contributed by atoms with Gasteiger partial charge in [0.25, 0.3) is 0 Å². The summed E-state index contributed by atoms with van der Waals surface area (Å²) in [5.41, 5.74) is 3.88. The number of carbonyl (C=O) groups excluding carboxylic acids is 1. The van der Waals surface area contributed by atoms with Gasteiger partial charge >= 0.3 is 5.97 Å². The normalized spacial score (nSPS) is 12.5. The van der Waals surface area contributed by atoms with E-state index in [1.807, 2.05) is 41.0 Å². The lowest BCUT2D eigenvalue weighted by atomic mass is 10.0. The zero-order chi connectivity index (χ0) is 19.8. The second-order valence-corrected chi connectivity index (χ2v) is 6.95. The maximum Gasteiger partial charge on any atom is 0.358 e. The van der Waals surface area contributed by atoms with E-state index in [0.717, 1.165) is 16.8 Å². The molecule has 28 heavy (non-hydrogen) atoms. The van der Waals surface area contributed by atoms with Crippen LogP contribution >= 0.6 is 23.2 Å². The molecular formula is C21H15Cl2N3O2. The Labute approximate surface area is 171 Å². The molecule has 0 saturated carbocycles. The van der Waals surface area contributed by atoms with E-state index in [1.54, 1.807) is 12.1 Å². The van der Waals surface area contributed by atoms with Crippen LogP contribution in [0.15, 0.2) is 54.0 Å². The van der Waals surface area contributed by atoms with Gasteiger partial charge in [-0.3, -0.25) is 9.56 Å². The monoisotopic (exact) mass is 411 g/mol. The first-order chi connectivity index (χ1) is 13.5. The van der Waals surface area contributed by atoms with Gasteiger partial charge in [-0.05, 0) is 30.3 Å². The van der Waals surface area contributed by atoms with Crippen LogP contribution in [-0.4, -0.2) is 28.3 Å². The van der Waals surface area contributed by atoms with Crippen molar-refractivity contribution in [1.82, 2.24) is 9.55 Å². The molecule has 2 aromatic carbocycles. The number of methoxy groups -OCH3 is 1. The largest absolute Gasteiger partial charge is 0.464 e. The van der Waals surface area contributed by atoms with Crippen molar-refractivity contribution in [3.05, 3.63) is 87.4 Å². The van der Waals surface area contributed by atoms with Crippen molar-refractivity contribution >= 4 is 41.0 Å². The van der Waals surface area contributed by atoms with Crippen LogP contribution in [0.25, 0.3) is 11.8 Å². The molecule has 0 spiro atoms. The SMILES string of the molecule is C=Cc1nc(C(=O)OC)c2n1-c1ccc(Cl)cc1C(c1ccccc1Cl)=NC2. The minimum atomic E-state index is -0.524. The number of aromatic nitrogens is 2. The average molecular weight is 412 g/mol. The van der Waals surface area contributed by atoms with Crippen LogP contribution in [0.2, 0.25) is 10.0 Å². The number of ether oxygens (including phenoxy) is 1. The Morgan fingerprint density at radius 3 is 2.71 bits per heavy atom. The summed E-state index contributed by atoms with van der Waals surface area (Å²) in [6.07, 6.45) is 1.59. The Morgan fingerprint density at radius 2 is 2.00 bits per heavy atom. The van der Waals surface area contributed by atoms with E-state index in [2.05, 4.69) is 11.6 Å². The summed E-state index contributed by atoms with van der Waals surface area (Å²) in [6.45, 7) is 4.05. The predicted octanol–water partition coefficient (Wildman–Crippen LogP) is 4.96. The quantitative estimate of drug-likeness (QED) is 0.572. The Bertz CT molecular complexity index is 1150. The van der Waals surface area contributed by atoms with Crippen molar-refractivity contribution < 1.29 is 9.53 Å². The number of fused-ring (bicyclic) bond motifs is 3. The van der Waals surface area contributed by atoms with Gasteiger partial charge in [-0.1, -0.05) is 48.0 Å². The average Bonchev–Trinajstić information content (AvgIpc) is 2.99. The fraction of sp³-hybridized carbons (Fsp3) is 0.0952. The number of hydrogen-bond acceptors (Lipinski definition) is 4. The van der Waals surface area contributed by atoms with E-state index in [4.69, 9.17) is 32.9 Å². The highest BCUT2D eigenvalue weighted by Gasteiger charge is 2.28. The lowest BCUT2D eigenvalue weighted by Gasteiger charge is -2.14. The summed E-state index contributed by atoms with van der Waals surface area (Å²) in [6, 6.07) is 13.0. The van der Waals surface area contributed by atoms with Crippen LogP contribution in [0, 0.1) is 0 Å². The molecule has 0 radical (unpaired) electrons. The molecule has 0 atom stereocenters. The Morgan fingerprint density at radius 1 is 1.21 bits per heavy atom. The van der Waals surface area contributed by atoms with E-state index < -0.39 is 5.97 Å². The number of halogens is 2. The minimum Gasteiger partial charge on any atom is -0.464 e. The van der Waals surface area contributed by atoms with E-state index >= 15 is 0 Å². The standard InChI is InChI=1S/C21H15Cl2N3O2/c1-3-18-25-20(21(27)28-2)17-11-24-19(13-6-4-5-7-15(13)23)14-10-12(22)8-9-16(14)26(17)18/h3-10H,1,11H2,2H3. The minimum absolute atomic E-state index is 0.211. The number of esters is 1. The molecule has 7 heteroatoms. The number of carbonyl (C=O) groups is 1. The van der Waals surface area contributed by atoms with E-state index in [0.29, 0.717) is 27.3 Å². The summed E-state index contributed by atoms with van der Waals surface area (Å²) >= 11 is 12.7. The first-order valence-electron chi connectivity index (χ1n) is 8.47. The number of imidazole rings is 1. The summed E-state index contributed by atoms with van der Waals surface area (Å²) in [5.74, 6) is -0.00154. The molecule has 0 bridgehead atoms. The van der Waals surface area contributed by atoms with Gasteiger partial charge in [0.15, 0.2) is 5.69 Å². The zero-order valence-electron chi connectivity index (χ0n) is 14.9. The smallest absolute Gasteiger partial charge is 0.358 e. The molecule has 1 aliphatic heterocycles. The molecule has 0 saturated heterocycles. The van der Waals surface area contributed by atoms with Crippen molar-refractivity contribution in [2.75, 3.05) is 7.11 Å². The third-order valence-corrected chi connectivity index (χ3v) is 5.10. The van der Waals surface area contributed by atoms with Gasteiger partial charge in [0.1, 0.15) is 5.82 Å². The van der Waals surface area contributed by atoms with Gasteiger partial charge < -0.3 is 4.74 Å². The van der Waals surface area contributed by atoms with Crippen molar-refractivity contribution in [3.8, 4) is 5.69 Å². The van der Waals surface area contributed by atoms with Gasteiger partial charge in [0.05, 0.1) is 30.7 Å². The highest BCUT2D eigenvalue weighted by Crippen LogP contribution is 2.32. The molecule has 2 heterocycles. The van der Waals surface area contributed by atoms with Crippen molar-refractivity contribution in [2.45, 2.75) is 6.54 Å². The van der Waals surface area contributed by atoms with Crippen molar-refractivity contribution in [3.63, 3.8) is 0 Å². The lowest BCUT2D eigenvalue weighted by molar-refractivity contribution is 0.0593. The van der Waals surface area contributed by atoms with E-state index in [9.17, 15) is 4.79 Å². The number of benzene rings is 2. The van der Waals surface area contributed by atoms with Crippen molar-refractivity contribution in [2.24, 2.45) is 4.99 Å². The fourth-order valence-electron chi connectivity index (χ4n) is 3.30. The number of hydrogen-bond donors (Lipinski definition) is 0. The zero-order valence-corrected chi connectivity index (χ0v) is 16.5. The molecule has 5 nitrogen and oxygen atoms in total. The van der Waals surface area contributed by atoms with Crippen LogP contribution in [0.5, 0.6) is 0 Å². The third kappa shape index (κ3) is 2.93. The van der Waals surface area contributed by atoms with Crippen LogP contribution in [0.3, 0.4) is 0 Å². The first-order valence-corrected chi connectivity index (χ1v) is 9.22. The summed E-state index contributed by atoms with van der Waals surface area (Å²) in [7, 11) is 1.32. The highest BCUT2D eigenvalue weighted by atomic mass is 35.5. The third-order valence-electron chi connectivity index (χ3n) is 4.53. The molecule has 0 N–H and O–H groups in total. The molecule has 0 amide bonds. The predicted molar refractivity (Wildman–Crippen MR) is 111 cm³/mol. The number of aliphatic imine (C=N–C) groups is 1. The molecule has 0 fully saturated rings. The second kappa shape index (κ2) is 7.26. The van der Waals surface area contributed by atoms with Gasteiger partial charge in [0, 0.05) is 21.2 Å². The molecule has 140 valence electrons. The van der Waals surface area contributed by atoms with E-state index in [-0.39, 0.29) is 12.2 Å². The summed E-state index contributed by atoms with van der Waals surface area (Å²) in [5, 5.41) is 1.14. The Kier molecular flexibility index (Phi) is 4.79. The molecular weight excluding hydrogens is 397 g/mol. The van der Waals surface area contributed by atoms with Crippen LogP contribution in [0.1, 0.15) is 33.1 Å². The highest BCUT2D eigenvalue weighted by molar-refractivity contribution is 6.36. The lowest BCUT2D eigenvalue weighted by Crippen LogP contribution is -2.09. The van der Waals surface area contributed by atoms with Crippen LogP contribution < -0.4 is 0 Å². The Hall–Kier alpha value is -2.89.